The van der Waals surface area contributed by atoms with Crippen molar-refractivity contribution in [3.05, 3.63) is 75.4 Å². The van der Waals surface area contributed by atoms with Gasteiger partial charge in [-0.3, -0.25) is 10.1 Å². The molecule has 0 saturated carbocycles. The van der Waals surface area contributed by atoms with Gasteiger partial charge < -0.3 is 0 Å². The van der Waals surface area contributed by atoms with E-state index in [4.69, 9.17) is 0 Å². The van der Waals surface area contributed by atoms with Crippen LogP contribution in [0.4, 0.5) is 0 Å². The number of thiol groups is 1. The minimum Gasteiger partial charge on any atom is -0.263 e. The molecule has 1 aromatic carbocycles. The average Bonchev–Trinajstić information content (AvgIpc) is 2.40. The van der Waals surface area contributed by atoms with E-state index in [1.54, 1.807) is 12.2 Å². The van der Waals surface area contributed by atoms with Crippen LogP contribution >= 0.6 is 12.6 Å². The van der Waals surface area contributed by atoms with E-state index in [1.807, 2.05) is 43.3 Å². The summed E-state index contributed by atoms with van der Waals surface area (Å²) in [6, 6.07) is 9.98. The zero-order valence-corrected chi connectivity index (χ0v) is 11.5. The summed E-state index contributed by atoms with van der Waals surface area (Å²) in [5.74, 6) is 0. The molecule has 2 rings (SSSR count). The van der Waals surface area contributed by atoms with Crippen LogP contribution in [0.3, 0.4) is 0 Å². The monoisotopic (exact) mass is 273 g/mol. The molecule has 1 unspecified atom stereocenters. The molecule has 19 heavy (non-hydrogen) atoms. The standard InChI is InChI=1S/C15H15NO2S/c1-12(11-13-5-3-2-4-6-13)14-7-9-15(19,10-8-14)16(17)18/h2-9,11,19H,10H2,1H3. The van der Waals surface area contributed by atoms with Gasteiger partial charge in [-0.15, -0.1) is 0 Å². The highest BCUT2D eigenvalue weighted by atomic mass is 32.1. The molecule has 0 aromatic heterocycles. The summed E-state index contributed by atoms with van der Waals surface area (Å²) in [4.78, 5) is 9.25. The van der Waals surface area contributed by atoms with Crippen LogP contribution in [0.2, 0.25) is 0 Å². The molecule has 0 radical (unpaired) electrons. The molecule has 0 fully saturated rings. The molecule has 0 bridgehead atoms. The first-order valence-corrected chi connectivity index (χ1v) is 6.46. The number of nitro groups is 1. The van der Waals surface area contributed by atoms with Crippen LogP contribution in [-0.2, 0) is 0 Å². The number of hydrogen-bond acceptors (Lipinski definition) is 3. The van der Waals surface area contributed by atoms with Gasteiger partial charge in [0.15, 0.2) is 0 Å². The van der Waals surface area contributed by atoms with Crippen molar-refractivity contribution in [1.29, 1.82) is 0 Å². The predicted molar refractivity (Wildman–Crippen MR) is 80.6 cm³/mol. The Bertz CT molecular complexity index is 575. The van der Waals surface area contributed by atoms with E-state index < -0.39 is 4.87 Å². The second kappa shape index (κ2) is 5.45. The Morgan fingerprint density at radius 1 is 1.42 bits per heavy atom. The van der Waals surface area contributed by atoms with Crippen LogP contribution in [0, 0.1) is 10.1 Å². The van der Waals surface area contributed by atoms with Gasteiger partial charge in [-0.25, -0.2) is 0 Å². The highest BCUT2D eigenvalue weighted by Gasteiger charge is 2.36. The van der Waals surface area contributed by atoms with Gasteiger partial charge in [0.1, 0.15) is 0 Å². The van der Waals surface area contributed by atoms with Crippen LogP contribution < -0.4 is 0 Å². The molecule has 0 saturated heterocycles. The molecular formula is C15H15NO2S. The summed E-state index contributed by atoms with van der Waals surface area (Å²) in [5.41, 5.74) is 3.21. The highest BCUT2D eigenvalue weighted by molar-refractivity contribution is 7.81. The molecule has 1 aliphatic carbocycles. The maximum atomic E-state index is 10.9. The smallest absolute Gasteiger partial charge is 0.263 e. The van der Waals surface area contributed by atoms with Gasteiger partial charge in [0.05, 0.1) is 6.42 Å². The summed E-state index contributed by atoms with van der Waals surface area (Å²) in [5, 5.41) is 10.9. The number of nitrogens with zero attached hydrogens (tertiary/aromatic N) is 1. The molecule has 0 heterocycles. The maximum absolute atomic E-state index is 10.9. The van der Waals surface area contributed by atoms with Crippen molar-refractivity contribution in [3.63, 3.8) is 0 Å². The lowest BCUT2D eigenvalue weighted by Crippen LogP contribution is -2.30. The first kappa shape index (κ1) is 13.6. The van der Waals surface area contributed by atoms with E-state index in [2.05, 4.69) is 18.7 Å². The van der Waals surface area contributed by atoms with E-state index in [9.17, 15) is 10.1 Å². The Labute approximate surface area is 117 Å². The lowest BCUT2D eigenvalue weighted by molar-refractivity contribution is -0.523. The molecule has 0 aliphatic heterocycles. The number of allylic oxidation sites excluding steroid dienone is 3. The van der Waals surface area contributed by atoms with Crippen LogP contribution in [0.15, 0.2) is 59.7 Å². The third-order valence-electron chi connectivity index (χ3n) is 3.11. The fourth-order valence-electron chi connectivity index (χ4n) is 1.93. The maximum Gasteiger partial charge on any atom is 0.286 e. The molecule has 1 atom stereocenters. The Morgan fingerprint density at radius 3 is 2.63 bits per heavy atom. The van der Waals surface area contributed by atoms with E-state index >= 15 is 0 Å². The van der Waals surface area contributed by atoms with Crippen molar-refractivity contribution in [2.75, 3.05) is 0 Å². The topological polar surface area (TPSA) is 43.1 Å². The lowest BCUT2D eigenvalue weighted by Gasteiger charge is -2.18. The van der Waals surface area contributed by atoms with Crippen LogP contribution in [0.25, 0.3) is 6.08 Å². The average molecular weight is 273 g/mol. The van der Waals surface area contributed by atoms with Gasteiger partial charge in [-0.2, -0.15) is 0 Å². The van der Waals surface area contributed by atoms with Crippen LogP contribution in [0.5, 0.6) is 0 Å². The molecule has 1 aromatic rings. The van der Waals surface area contributed by atoms with Gasteiger partial charge in [0.2, 0.25) is 0 Å². The van der Waals surface area contributed by atoms with Crippen molar-refractivity contribution >= 4 is 18.7 Å². The molecular weight excluding hydrogens is 258 g/mol. The first-order valence-electron chi connectivity index (χ1n) is 6.01. The normalized spacial score (nSPS) is 23.1. The van der Waals surface area contributed by atoms with Crippen molar-refractivity contribution in [1.82, 2.24) is 0 Å². The fraction of sp³-hybridized carbons (Fsp3) is 0.200. The van der Waals surface area contributed by atoms with Crippen molar-refractivity contribution in [2.24, 2.45) is 0 Å². The van der Waals surface area contributed by atoms with Crippen molar-refractivity contribution in [2.45, 2.75) is 18.2 Å². The van der Waals surface area contributed by atoms with Gasteiger partial charge in [0, 0.05) is 11.0 Å². The largest absolute Gasteiger partial charge is 0.286 e. The highest BCUT2D eigenvalue weighted by Crippen LogP contribution is 2.30. The number of hydrogen-bond donors (Lipinski definition) is 1. The van der Waals surface area contributed by atoms with E-state index in [0.717, 1.165) is 16.7 Å². The third kappa shape index (κ3) is 3.15. The SMILES string of the molecule is CC(=Cc1ccccc1)C1=CCC(S)([N+](=O)[O-])C=C1. The Balaban J connectivity index is 2.18. The molecule has 0 spiro atoms. The van der Waals surface area contributed by atoms with Gasteiger partial charge in [-0.1, -0.05) is 61.2 Å². The molecule has 1 aliphatic rings. The molecule has 0 amide bonds. The van der Waals surface area contributed by atoms with Crippen LogP contribution in [-0.4, -0.2) is 9.79 Å². The summed E-state index contributed by atoms with van der Waals surface area (Å²) in [6.07, 6.45) is 7.55. The van der Waals surface area contributed by atoms with Crippen molar-refractivity contribution in [3.8, 4) is 0 Å². The second-order valence-electron chi connectivity index (χ2n) is 4.57. The third-order valence-corrected chi connectivity index (χ3v) is 3.60. The minimum absolute atomic E-state index is 0.301. The molecule has 98 valence electrons. The zero-order chi connectivity index (χ0) is 13.9. The Morgan fingerprint density at radius 2 is 2.11 bits per heavy atom. The predicted octanol–water partition coefficient (Wildman–Crippen LogP) is 3.88. The number of benzene rings is 1. The van der Waals surface area contributed by atoms with Gasteiger partial charge in [-0.05, 0) is 23.6 Å². The Hall–Kier alpha value is -1.81. The molecule has 0 N–H and O–H groups in total. The number of rotatable bonds is 3. The second-order valence-corrected chi connectivity index (χ2v) is 5.35. The zero-order valence-electron chi connectivity index (χ0n) is 10.6. The minimum atomic E-state index is -1.27. The summed E-state index contributed by atoms with van der Waals surface area (Å²) in [7, 11) is 0. The van der Waals surface area contributed by atoms with Crippen molar-refractivity contribution < 1.29 is 4.92 Å². The Kier molecular flexibility index (Phi) is 3.90. The van der Waals surface area contributed by atoms with Gasteiger partial charge in [0.25, 0.3) is 4.87 Å². The van der Waals surface area contributed by atoms with Gasteiger partial charge >= 0.3 is 0 Å². The van der Waals surface area contributed by atoms with E-state index in [-0.39, 0.29) is 4.92 Å². The lowest BCUT2D eigenvalue weighted by atomic mass is 9.96. The molecule has 3 nitrogen and oxygen atoms in total. The van der Waals surface area contributed by atoms with Crippen LogP contribution in [0.1, 0.15) is 18.9 Å². The van der Waals surface area contributed by atoms with E-state index in [0.29, 0.717) is 6.42 Å². The first-order chi connectivity index (χ1) is 9.01. The molecule has 4 heteroatoms. The quantitative estimate of drug-likeness (QED) is 0.393. The summed E-state index contributed by atoms with van der Waals surface area (Å²) in [6.45, 7) is 2.00. The summed E-state index contributed by atoms with van der Waals surface area (Å²) < 4.78 is 0. The summed E-state index contributed by atoms with van der Waals surface area (Å²) >= 11 is 4.10. The fourth-order valence-corrected chi connectivity index (χ4v) is 2.10. The van der Waals surface area contributed by atoms with E-state index in [1.165, 1.54) is 0 Å².